The number of carbonyl (C=O) groups is 1. The molecule has 0 aliphatic carbocycles. The Balaban J connectivity index is 1.98. The minimum atomic E-state index is -1.16. The van der Waals surface area contributed by atoms with E-state index in [2.05, 4.69) is 27.8 Å². The number of aliphatic hydroxyl groups is 1. The lowest BCUT2D eigenvalue weighted by Gasteiger charge is -2.29. The first-order valence-corrected chi connectivity index (χ1v) is 10.5. The number of hydrogen-bond donors (Lipinski definition) is 2. The number of ether oxygens (including phenoxy) is 2. The Bertz CT molecular complexity index is 929. The summed E-state index contributed by atoms with van der Waals surface area (Å²) in [5, 5.41) is 11.6. The highest BCUT2D eigenvalue weighted by Crippen LogP contribution is 2.44. The number of hydrogen-bond acceptors (Lipinski definition) is 5. The minimum absolute atomic E-state index is 0.0873. The van der Waals surface area contributed by atoms with Crippen LogP contribution in [0.4, 0.5) is 0 Å². The zero-order chi connectivity index (χ0) is 21.6. The summed E-state index contributed by atoms with van der Waals surface area (Å²) >= 11 is 3.57. The first-order chi connectivity index (χ1) is 14.6. The number of aliphatic hydroxyl groups excluding tert-OH is 1. The van der Waals surface area contributed by atoms with Crippen LogP contribution in [-0.4, -0.2) is 42.7 Å². The fraction of sp³-hybridized carbons (Fsp3) is 0.304. The maximum atomic E-state index is 13.0. The second-order valence-electron chi connectivity index (χ2n) is 6.88. The molecule has 158 valence electrons. The highest BCUT2D eigenvalue weighted by Gasteiger charge is 2.52. The number of rotatable bonds is 9. The van der Waals surface area contributed by atoms with Crippen molar-refractivity contribution in [3.05, 3.63) is 76.8 Å². The molecule has 0 saturated heterocycles. The Kier molecular flexibility index (Phi) is 7.29. The average molecular weight is 473 g/mol. The number of aliphatic imine (C=N–C) groups is 1. The fourth-order valence-corrected chi connectivity index (χ4v) is 3.91. The van der Waals surface area contributed by atoms with Gasteiger partial charge in [0, 0.05) is 42.1 Å². The molecule has 0 bridgehead atoms. The molecule has 0 unspecified atom stereocenters. The van der Waals surface area contributed by atoms with Crippen LogP contribution in [0.1, 0.15) is 30.1 Å². The number of halogens is 1. The van der Waals surface area contributed by atoms with E-state index in [1.807, 2.05) is 48.5 Å². The van der Waals surface area contributed by atoms with Gasteiger partial charge in [-0.05, 0) is 30.3 Å². The normalized spacial score (nSPS) is 20.2. The van der Waals surface area contributed by atoms with Gasteiger partial charge in [0.05, 0.1) is 6.61 Å². The van der Waals surface area contributed by atoms with Crippen LogP contribution < -0.4 is 10.1 Å². The maximum absolute atomic E-state index is 13.0. The quantitative estimate of drug-likeness (QED) is 0.429. The summed E-state index contributed by atoms with van der Waals surface area (Å²) in [5.74, 6) is 0.849. The van der Waals surface area contributed by atoms with Crippen LogP contribution in [0.2, 0.25) is 0 Å². The van der Waals surface area contributed by atoms with Crippen LogP contribution in [0.5, 0.6) is 5.75 Å². The molecule has 6 nitrogen and oxygen atoms in total. The Labute approximate surface area is 184 Å². The highest BCUT2D eigenvalue weighted by molar-refractivity contribution is 9.10. The lowest BCUT2D eigenvalue weighted by atomic mass is 9.84. The molecule has 0 saturated carbocycles. The predicted octanol–water partition coefficient (Wildman–Crippen LogP) is 3.79. The number of amides is 1. The van der Waals surface area contributed by atoms with E-state index in [-0.39, 0.29) is 12.5 Å². The van der Waals surface area contributed by atoms with Crippen molar-refractivity contribution in [2.75, 3.05) is 20.3 Å². The van der Waals surface area contributed by atoms with Crippen LogP contribution in [-0.2, 0) is 9.53 Å². The monoisotopic (exact) mass is 472 g/mol. The molecular weight excluding hydrogens is 448 g/mol. The predicted molar refractivity (Wildman–Crippen MR) is 120 cm³/mol. The second-order valence-corrected chi connectivity index (χ2v) is 7.74. The Morgan fingerprint density at radius 1 is 1.33 bits per heavy atom. The van der Waals surface area contributed by atoms with Gasteiger partial charge >= 0.3 is 0 Å². The smallest absolute Gasteiger partial charge is 0.252 e. The van der Waals surface area contributed by atoms with E-state index in [4.69, 9.17) is 19.6 Å². The third-order valence-electron chi connectivity index (χ3n) is 4.90. The molecule has 1 heterocycles. The van der Waals surface area contributed by atoms with E-state index in [9.17, 15) is 4.79 Å². The largest absolute Gasteiger partial charge is 0.494 e. The summed E-state index contributed by atoms with van der Waals surface area (Å²) in [6.07, 6.45) is 1.97. The Morgan fingerprint density at radius 3 is 2.70 bits per heavy atom. The van der Waals surface area contributed by atoms with Crippen molar-refractivity contribution in [2.45, 2.75) is 24.5 Å². The van der Waals surface area contributed by atoms with Gasteiger partial charge in [0.15, 0.2) is 11.6 Å². The van der Waals surface area contributed by atoms with Gasteiger partial charge in [0.1, 0.15) is 5.75 Å². The average Bonchev–Trinajstić information content (AvgIpc) is 3.15. The molecule has 2 atom stereocenters. The molecule has 0 fully saturated rings. The van der Waals surface area contributed by atoms with Crippen molar-refractivity contribution in [3.63, 3.8) is 0 Å². The molecular formula is C23H25BrN2O4. The number of carbonyl (C=O) groups excluding carboxylic acids is 1. The highest BCUT2D eigenvalue weighted by atomic mass is 79.9. The molecule has 0 spiro atoms. The van der Waals surface area contributed by atoms with E-state index in [1.54, 1.807) is 13.1 Å². The third-order valence-corrected chi connectivity index (χ3v) is 5.62. The lowest BCUT2D eigenvalue weighted by molar-refractivity contribution is -0.128. The first-order valence-electron chi connectivity index (χ1n) is 9.74. The van der Waals surface area contributed by atoms with Crippen LogP contribution >= 0.6 is 15.9 Å². The Hall–Kier alpha value is -2.64. The molecule has 2 N–H and O–H groups in total. The molecule has 0 radical (unpaired) electrons. The van der Waals surface area contributed by atoms with Gasteiger partial charge in [-0.2, -0.15) is 0 Å². The summed E-state index contributed by atoms with van der Waals surface area (Å²) in [6.45, 7) is 4.36. The summed E-state index contributed by atoms with van der Waals surface area (Å²) in [6, 6.07) is 15.0. The topological polar surface area (TPSA) is 80.2 Å². The van der Waals surface area contributed by atoms with Crippen molar-refractivity contribution in [2.24, 2.45) is 4.99 Å². The standard InChI is InChI=1S/C23H25BrN2O4/c1-3-13-23(22(28)25-2)20(18-7-4-5-8-19(18)24)30-21(26-23)16-9-11-17(12-10-16)29-15-6-14-27/h3-5,7-12,20,27H,1,6,13-15H2,2H3,(H,25,28)/t20-,23-/m1/s1. The molecule has 2 aromatic rings. The molecule has 0 aromatic heterocycles. The van der Waals surface area contributed by atoms with Gasteiger partial charge in [-0.3, -0.25) is 4.79 Å². The van der Waals surface area contributed by atoms with E-state index in [0.29, 0.717) is 31.1 Å². The van der Waals surface area contributed by atoms with E-state index in [0.717, 1.165) is 15.6 Å². The van der Waals surface area contributed by atoms with Gasteiger partial charge in [-0.1, -0.05) is 40.2 Å². The van der Waals surface area contributed by atoms with Crippen molar-refractivity contribution in [3.8, 4) is 5.75 Å². The third kappa shape index (κ3) is 4.42. The van der Waals surface area contributed by atoms with Crippen LogP contribution in [0, 0.1) is 0 Å². The number of likely N-dealkylation sites (N-methyl/N-ethyl adjacent to an activating group) is 1. The fourth-order valence-electron chi connectivity index (χ4n) is 3.42. The zero-order valence-corrected chi connectivity index (χ0v) is 18.4. The minimum Gasteiger partial charge on any atom is -0.494 e. The Morgan fingerprint density at radius 2 is 2.07 bits per heavy atom. The van der Waals surface area contributed by atoms with Gasteiger partial charge in [0.2, 0.25) is 5.90 Å². The number of nitrogens with one attached hydrogen (secondary N) is 1. The SMILES string of the molecule is C=CC[C@@]1(C(=O)NC)N=C(c2ccc(OCCCO)cc2)O[C@@H]1c1ccccc1Br. The molecule has 7 heteroatoms. The summed E-state index contributed by atoms with van der Waals surface area (Å²) < 4.78 is 12.7. The van der Waals surface area contributed by atoms with Gasteiger partial charge in [-0.25, -0.2) is 4.99 Å². The molecule has 30 heavy (non-hydrogen) atoms. The molecule has 1 aliphatic heterocycles. The summed E-state index contributed by atoms with van der Waals surface area (Å²) in [5.41, 5.74) is 0.425. The second kappa shape index (κ2) is 9.91. The van der Waals surface area contributed by atoms with Crippen LogP contribution in [0.3, 0.4) is 0 Å². The van der Waals surface area contributed by atoms with E-state index < -0.39 is 11.6 Å². The molecule has 3 rings (SSSR count). The van der Waals surface area contributed by atoms with Crippen LogP contribution in [0.15, 0.2) is 70.7 Å². The van der Waals surface area contributed by atoms with E-state index in [1.165, 1.54) is 0 Å². The van der Waals surface area contributed by atoms with Gasteiger partial charge in [-0.15, -0.1) is 6.58 Å². The summed E-state index contributed by atoms with van der Waals surface area (Å²) in [7, 11) is 1.59. The zero-order valence-electron chi connectivity index (χ0n) is 16.8. The number of benzene rings is 2. The van der Waals surface area contributed by atoms with E-state index >= 15 is 0 Å². The lowest BCUT2D eigenvalue weighted by Crippen LogP contribution is -2.46. The van der Waals surface area contributed by atoms with Crippen LogP contribution in [0.25, 0.3) is 0 Å². The van der Waals surface area contributed by atoms with Gasteiger partial charge in [0.25, 0.3) is 5.91 Å². The van der Waals surface area contributed by atoms with Crippen molar-refractivity contribution in [1.82, 2.24) is 5.32 Å². The maximum Gasteiger partial charge on any atom is 0.252 e. The molecule has 2 aromatic carbocycles. The van der Waals surface area contributed by atoms with Crippen molar-refractivity contribution in [1.29, 1.82) is 0 Å². The summed E-state index contributed by atoms with van der Waals surface area (Å²) in [4.78, 5) is 17.8. The van der Waals surface area contributed by atoms with Gasteiger partial charge < -0.3 is 19.9 Å². The van der Waals surface area contributed by atoms with Crippen molar-refractivity contribution >= 4 is 27.7 Å². The first kappa shape index (κ1) is 22.1. The number of nitrogens with zero attached hydrogens (tertiary/aromatic N) is 1. The molecule has 1 aliphatic rings. The van der Waals surface area contributed by atoms with Crippen molar-refractivity contribution < 1.29 is 19.4 Å². The molecule has 1 amide bonds.